The van der Waals surface area contributed by atoms with Crippen LogP contribution in [-0.4, -0.2) is 61.6 Å². The number of fused-ring (bicyclic) bond motifs is 2. The van der Waals surface area contributed by atoms with Crippen LogP contribution < -0.4 is 5.32 Å². The predicted octanol–water partition coefficient (Wildman–Crippen LogP) is 4.36. The third-order valence-corrected chi connectivity index (χ3v) is 6.82. The maximum atomic E-state index is 13.9. The number of carbonyl (C=O) groups is 1. The van der Waals surface area contributed by atoms with Crippen molar-refractivity contribution in [2.75, 3.05) is 51.3 Å². The van der Waals surface area contributed by atoms with E-state index in [9.17, 15) is 9.18 Å². The van der Waals surface area contributed by atoms with E-state index in [2.05, 4.69) is 41.1 Å². The van der Waals surface area contributed by atoms with Gasteiger partial charge in [0, 0.05) is 48.6 Å². The lowest BCUT2D eigenvalue weighted by atomic mass is 9.99. The van der Waals surface area contributed by atoms with Crippen molar-refractivity contribution in [2.45, 2.75) is 33.4 Å². The largest absolute Gasteiger partial charge is 0.487 e. The SMILES string of the molecule is CC(C)CN(CCCN1CCOCC1)Cc1ccc2c(c1)COC2=C1C(=O)Nc2ccc(F)cc21. The highest BCUT2D eigenvalue weighted by molar-refractivity contribution is 6.36. The van der Waals surface area contributed by atoms with Crippen LogP contribution in [0.15, 0.2) is 36.4 Å². The quantitative estimate of drug-likeness (QED) is 0.571. The minimum atomic E-state index is -0.370. The number of amides is 1. The molecule has 0 radical (unpaired) electrons. The average molecular weight is 480 g/mol. The van der Waals surface area contributed by atoms with Gasteiger partial charge in [-0.3, -0.25) is 14.6 Å². The summed E-state index contributed by atoms with van der Waals surface area (Å²) in [5, 5.41) is 2.82. The Balaban J connectivity index is 1.31. The standard InChI is InChI=1S/C28H34FN3O3/c1-19(2)16-32(9-3-8-31-10-12-34-13-11-31)17-20-4-6-23-21(14-20)18-35-27(23)26-24-15-22(29)5-7-25(24)30-28(26)33/h4-7,14-15,19H,3,8-13,16-18H2,1-2H3,(H,30,33). The van der Waals surface area contributed by atoms with Crippen LogP contribution >= 0.6 is 0 Å². The first kappa shape index (κ1) is 24.0. The Morgan fingerprint density at radius 1 is 1.11 bits per heavy atom. The molecule has 0 bridgehead atoms. The molecule has 0 aromatic heterocycles. The lowest BCUT2D eigenvalue weighted by Crippen LogP contribution is -2.38. The van der Waals surface area contributed by atoms with Gasteiger partial charge in [0.2, 0.25) is 0 Å². The molecule has 5 rings (SSSR count). The van der Waals surface area contributed by atoms with Crippen molar-refractivity contribution in [3.05, 3.63) is 64.5 Å². The minimum absolute atomic E-state index is 0.249. The number of benzene rings is 2. The van der Waals surface area contributed by atoms with Gasteiger partial charge in [0.25, 0.3) is 5.91 Å². The van der Waals surface area contributed by atoms with Crippen LogP contribution in [0.3, 0.4) is 0 Å². The number of anilines is 1. The van der Waals surface area contributed by atoms with Gasteiger partial charge in [0.05, 0.1) is 18.8 Å². The van der Waals surface area contributed by atoms with Crippen LogP contribution in [0, 0.1) is 11.7 Å². The molecule has 1 amide bonds. The highest BCUT2D eigenvalue weighted by Crippen LogP contribution is 2.42. The third-order valence-electron chi connectivity index (χ3n) is 6.82. The summed E-state index contributed by atoms with van der Waals surface area (Å²) >= 11 is 0. The summed E-state index contributed by atoms with van der Waals surface area (Å²) < 4.78 is 25.3. The number of rotatable bonds is 8. The van der Waals surface area contributed by atoms with Gasteiger partial charge in [-0.2, -0.15) is 0 Å². The highest BCUT2D eigenvalue weighted by atomic mass is 19.1. The molecule has 0 spiro atoms. The predicted molar refractivity (Wildman–Crippen MR) is 135 cm³/mol. The summed E-state index contributed by atoms with van der Waals surface area (Å²) in [4.78, 5) is 17.7. The van der Waals surface area contributed by atoms with Crippen molar-refractivity contribution in [1.82, 2.24) is 9.80 Å². The van der Waals surface area contributed by atoms with E-state index >= 15 is 0 Å². The summed E-state index contributed by atoms with van der Waals surface area (Å²) in [6, 6.07) is 10.7. The zero-order valence-corrected chi connectivity index (χ0v) is 20.6. The van der Waals surface area contributed by atoms with E-state index in [-0.39, 0.29) is 11.7 Å². The molecule has 0 unspecified atom stereocenters. The lowest BCUT2D eigenvalue weighted by molar-refractivity contribution is -0.110. The first-order chi connectivity index (χ1) is 17.0. The van der Waals surface area contributed by atoms with Crippen molar-refractivity contribution in [2.24, 2.45) is 5.92 Å². The van der Waals surface area contributed by atoms with E-state index in [0.29, 0.717) is 35.1 Å². The van der Waals surface area contributed by atoms with E-state index < -0.39 is 0 Å². The second-order valence-electron chi connectivity index (χ2n) is 10.1. The lowest BCUT2D eigenvalue weighted by Gasteiger charge is -2.29. The van der Waals surface area contributed by atoms with Crippen LogP contribution in [0.5, 0.6) is 0 Å². The highest BCUT2D eigenvalue weighted by Gasteiger charge is 2.33. The molecule has 6 nitrogen and oxygen atoms in total. The summed E-state index contributed by atoms with van der Waals surface area (Å²) in [6.07, 6.45) is 1.14. The minimum Gasteiger partial charge on any atom is -0.487 e. The average Bonchev–Trinajstić information content (AvgIpc) is 3.38. The van der Waals surface area contributed by atoms with Crippen molar-refractivity contribution >= 4 is 22.9 Å². The van der Waals surface area contributed by atoms with Gasteiger partial charge in [-0.05, 0) is 49.2 Å². The number of ether oxygens (including phenoxy) is 2. The summed E-state index contributed by atoms with van der Waals surface area (Å²) in [6.45, 7) is 12.8. The molecule has 1 saturated heterocycles. The zero-order valence-electron chi connectivity index (χ0n) is 20.6. The molecule has 7 heteroatoms. The number of carbonyl (C=O) groups excluding carboxylic acids is 1. The Morgan fingerprint density at radius 2 is 1.94 bits per heavy atom. The Bertz CT molecular complexity index is 1120. The van der Waals surface area contributed by atoms with E-state index in [1.807, 2.05) is 6.07 Å². The van der Waals surface area contributed by atoms with Gasteiger partial charge >= 0.3 is 0 Å². The molecular weight excluding hydrogens is 445 g/mol. The molecule has 3 aliphatic heterocycles. The number of hydrogen-bond donors (Lipinski definition) is 1. The Labute approximate surface area is 206 Å². The van der Waals surface area contributed by atoms with E-state index in [4.69, 9.17) is 9.47 Å². The van der Waals surface area contributed by atoms with Crippen molar-refractivity contribution in [3.63, 3.8) is 0 Å². The number of hydrogen-bond acceptors (Lipinski definition) is 5. The van der Waals surface area contributed by atoms with Gasteiger partial charge in [-0.25, -0.2) is 4.39 Å². The number of morpholine rings is 1. The van der Waals surface area contributed by atoms with Gasteiger partial charge in [-0.15, -0.1) is 0 Å². The van der Waals surface area contributed by atoms with Crippen LogP contribution in [-0.2, 0) is 27.4 Å². The smallest absolute Gasteiger partial charge is 0.260 e. The maximum Gasteiger partial charge on any atom is 0.260 e. The molecule has 35 heavy (non-hydrogen) atoms. The van der Waals surface area contributed by atoms with Crippen LogP contribution in [0.25, 0.3) is 11.3 Å². The van der Waals surface area contributed by atoms with Crippen LogP contribution in [0.2, 0.25) is 0 Å². The van der Waals surface area contributed by atoms with Crippen LogP contribution in [0.1, 0.15) is 42.5 Å². The first-order valence-electron chi connectivity index (χ1n) is 12.6. The molecule has 1 N–H and O–H groups in total. The van der Waals surface area contributed by atoms with Gasteiger partial charge in [-0.1, -0.05) is 32.0 Å². The fraction of sp³-hybridized carbons (Fsp3) is 0.464. The molecule has 2 aromatic rings. The third kappa shape index (κ3) is 5.42. The molecule has 0 aliphatic carbocycles. The number of nitrogens with one attached hydrogen (secondary N) is 1. The van der Waals surface area contributed by atoms with Crippen molar-refractivity contribution < 1.29 is 18.7 Å². The Kier molecular flexibility index (Phi) is 7.18. The van der Waals surface area contributed by atoms with Gasteiger partial charge < -0.3 is 14.8 Å². The molecule has 186 valence electrons. The summed E-state index contributed by atoms with van der Waals surface area (Å²) in [7, 11) is 0. The molecule has 0 atom stereocenters. The zero-order chi connectivity index (χ0) is 24.4. The molecule has 1 fully saturated rings. The molecule has 3 heterocycles. The monoisotopic (exact) mass is 479 g/mol. The van der Waals surface area contributed by atoms with Crippen LogP contribution in [0.4, 0.5) is 10.1 Å². The molecule has 3 aliphatic rings. The molecular formula is C28H34FN3O3. The summed E-state index contributed by atoms with van der Waals surface area (Å²) in [5.74, 6) is 0.512. The number of nitrogens with zero attached hydrogens (tertiary/aromatic N) is 2. The second kappa shape index (κ2) is 10.5. The fourth-order valence-electron chi connectivity index (χ4n) is 5.24. The maximum absolute atomic E-state index is 13.9. The van der Waals surface area contributed by atoms with Gasteiger partial charge in [0.1, 0.15) is 18.2 Å². The van der Waals surface area contributed by atoms with E-state index in [0.717, 1.165) is 70.0 Å². The van der Waals surface area contributed by atoms with Crippen molar-refractivity contribution in [3.8, 4) is 0 Å². The summed E-state index contributed by atoms with van der Waals surface area (Å²) in [5.41, 5.74) is 4.82. The number of halogens is 1. The van der Waals surface area contributed by atoms with Gasteiger partial charge in [0.15, 0.2) is 0 Å². The first-order valence-corrected chi connectivity index (χ1v) is 12.6. The second-order valence-corrected chi connectivity index (χ2v) is 10.1. The molecule has 0 saturated carbocycles. The molecule has 2 aromatic carbocycles. The van der Waals surface area contributed by atoms with Crippen molar-refractivity contribution in [1.29, 1.82) is 0 Å². The normalized spacial score (nSPS) is 19.7. The fourth-order valence-corrected chi connectivity index (χ4v) is 5.24. The topological polar surface area (TPSA) is 54.0 Å². The Hall–Kier alpha value is -2.74. The Morgan fingerprint density at radius 3 is 2.74 bits per heavy atom. The van der Waals surface area contributed by atoms with E-state index in [1.54, 1.807) is 6.07 Å². The van der Waals surface area contributed by atoms with E-state index in [1.165, 1.54) is 17.7 Å².